The van der Waals surface area contributed by atoms with Crippen LogP contribution in [-0.4, -0.2) is 29.1 Å². The minimum Gasteiger partial charge on any atom is -0.477 e. The summed E-state index contributed by atoms with van der Waals surface area (Å²) in [6.45, 7) is 1.95. The molecule has 1 aliphatic rings. The number of aromatic carboxylic acids is 1. The van der Waals surface area contributed by atoms with Crippen molar-refractivity contribution in [3.8, 4) is 11.3 Å². The normalized spacial score (nSPS) is 15.7. The Hall–Kier alpha value is -1.88. The van der Waals surface area contributed by atoms with Crippen LogP contribution in [0.1, 0.15) is 35.4 Å². The van der Waals surface area contributed by atoms with Gasteiger partial charge in [0, 0.05) is 18.7 Å². The Balaban J connectivity index is 1.98. The number of aromatic nitrogens is 1. The number of hydrogen-bond donors (Lipinski definition) is 1. The molecule has 0 amide bonds. The average Bonchev–Trinajstić information content (AvgIpc) is 2.77. The molecule has 110 valence electrons. The quantitative estimate of drug-likeness (QED) is 0.934. The highest BCUT2D eigenvalue weighted by Gasteiger charge is 2.22. The molecule has 0 aliphatic carbocycles. The second-order valence-electron chi connectivity index (χ2n) is 5.25. The third-order valence-electron chi connectivity index (χ3n) is 3.73. The van der Waals surface area contributed by atoms with Crippen LogP contribution in [0.5, 0.6) is 0 Å². The first-order valence-corrected chi connectivity index (χ1v) is 8.12. The minimum atomic E-state index is -0.896. The van der Waals surface area contributed by atoms with E-state index in [1.807, 2.05) is 30.3 Å². The van der Waals surface area contributed by atoms with Crippen molar-refractivity contribution in [2.45, 2.75) is 25.7 Å². The van der Waals surface area contributed by atoms with Gasteiger partial charge in [0.2, 0.25) is 0 Å². The molecule has 21 heavy (non-hydrogen) atoms. The van der Waals surface area contributed by atoms with Crippen LogP contribution >= 0.6 is 11.3 Å². The van der Waals surface area contributed by atoms with Gasteiger partial charge in [-0.05, 0) is 12.8 Å². The van der Waals surface area contributed by atoms with Gasteiger partial charge < -0.3 is 10.0 Å². The Morgan fingerprint density at radius 1 is 1.10 bits per heavy atom. The van der Waals surface area contributed by atoms with Crippen LogP contribution < -0.4 is 4.90 Å². The fourth-order valence-corrected chi connectivity index (χ4v) is 3.62. The summed E-state index contributed by atoms with van der Waals surface area (Å²) < 4.78 is 0. The van der Waals surface area contributed by atoms with Crippen molar-refractivity contribution in [1.29, 1.82) is 0 Å². The summed E-state index contributed by atoms with van der Waals surface area (Å²) in [6.07, 6.45) is 4.81. The van der Waals surface area contributed by atoms with Gasteiger partial charge in [-0.2, -0.15) is 0 Å². The molecule has 5 heteroatoms. The van der Waals surface area contributed by atoms with Gasteiger partial charge in [0.25, 0.3) is 0 Å². The van der Waals surface area contributed by atoms with Crippen LogP contribution in [0.4, 0.5) is 5.13 Å². The second kappa shape index (κ2) is 6.26. The van der Waals surface area contributed by atoms with E-state index in [0.717, 1.165) is 36.6 Å². The Kier molecular flexibility index (Phi) is 4.20. The number of carboxylic acid groups (broad SMARTS) is 1. The lowest BCUT2D eigenvalue weighted by Gasteiger charge is -2.18. The van der Waals surface area contributed by atoms with Crippen molar-refractivity contribution in [3.63, 3.8) is 0 Å². The number of thiazole rings is 1. The van der Waals surface area contributed by atoms with Crippen LogP contribution in [0.2, 0.25) is 0 Å². The first kappa shape index (κ1) is 14.1. The van der Waals surface area contributed by atoms with Crippen molar-refractivity contribution in [2.24, 2.45) is 0 Å². The van der Waals surface area contributed by atoms with Crippen LogP contribution in [-0.2, 0) is 0 Å². The maximum Gasteiger partial charge on any atom is 0.348 e. The Morgan fingerprint density at radius 3 is 2.38 bits per heavy atom. The van der Waals surface area contributed by atoms with E-state index in [1.54, 1.807) is 0 Å². The summed E-state index contributed by atoms with van der Waals surface area (Å²) >= 11 is 1.29. The zero-order valence-electron chi connectivity index (χ0n) is 11.8. The van der Waals surface area contributed by atoms with Gasteiger partial charge in [-0.15, -0.1) is 0 Å². The van der Waals surface area contributed by atoms with Crippen molar-refractivity contribution in [2.75, 3.05) is 18.0 Å². The minimum absolute atomic E-state index is 0.334. The predicted octanol–water partition coefficient (Wildman–Crippen LogP) is 3.89. The van der Waals surface area contributed by atoms with Crippen molar-refractivity contribution >= 4 is 22.4 Å². The van der Waals surface area contributed by atoms with Crippen molar-refractivity contribution in [1.82, 2.24) is 4.98 Å². The van der Waals surface area contributed by atoms with Gasteiger partial charge in [-0.3, -0.25) is 0 Å². The Morgan fingerprint density at radius 2 is 1.76 bits per heavy atom. The molecule has 1 aliphatic heterocycles. The fourth-order valence-electron chi connectivity index (χ4n) is 2.64. The molecule has 0 spiro atoms. The molecule has 2 heterocycles. The summed E-state index contributed by atoms with van der Waals surface area (Å²) in [7, 11) is 0. The monoisotopic (exact) mass is 302 g/mol. The molecule has 0 saturated carbocycles. The summed E-state index contributed by atoms with van der Waals surface area (Å²) in [4.78, 5) is 18.7. The average molecular weight is 302 g/mol. The maximum atomic E-state index is 11.5. The van der Waals surface area contributed by atoms with E-state index in [0.29, 0.717) is 10.6 Å². The van der Waals surface area contributed by atoms with Gasteiger partial charge in [0.05, 0.1) is 5.69 Å². The highest BCUT2D eigenvalue weighted by Crippen LogP contribution is 2.34. The predicted molar refractivity (Wildman–Crippen MR) is 85.2 cm³/mol. The molecule has 4 nitrogen and oxygen atoms in total. The smallest absolute Gasteiger partial charge is 0.348 e. The molecular formula is C16H18N2O2S. The molecule has 1 aromatic carbocycles. The molecule has 1 saturated heterocycles. The van der Waals surface area contributed by atoms with E-state index < -0.39 is 5.97 Å². The molecule has 0 radical (unpaired) electrons. The van der Waals surface area contributed by atoms with Gasteiger partial charge >= 0.3 is 5.97 Å². The molecule has 0 atom stereocenters. The summed E-state index contributed by atoms with van der Waals surface area (Å²) in [5.74, 6) is -0.896. The van der Waals surface area contributed by atoms with E-state index in [9.17, 15) is 9.90 Å². The number of carboxylic acids is 1. The zero-order valence-corrected chi connectivity index (χ0v) is 12.6. The highest BCUT2D eigenvalue weighted by molar-refractivity contribution is 7.17. The molecule has 0 unspecified atom stereocenters. The van der Waals surface area contributed by atoms with E-state index in [2.05, 4.69) is 9.88 Å². The maximum absolute atomic E-state index is 11.5. The topological polar surface area (TPSA) is 53.4 Å². The molecule has 1 aromatic heterocycles. The van der Waals surface area contributed by atoms with Crippen LogP contribution in [0.3, 0.4) is 0 Å². The number of carbonyl (C=O) groups is 1. The van der Waals surface area contributed by atoms with Crippen molar-refractivity contribution in [3.05, 3.63) is 35.2 Å². The second-order valence-corrected chi connectivity index (χ2v) is 6.22. The third kappa shape index (κ3) is 3.08. The van der Waals surface area contributed by atoms with Gasteiger partial charge in [-0.1, -0.05) is 54.5 Å². The van der Waals surface area contributed by atoms with E-state index in [4.69, 9.17) is 0 Å². The Bertz CT molecular complexity index is 616. The standard InChI is InChI=1S/C16H18N2O2S/c19-15(20)14-13(12-8-4-3-5-9-12)17-16(21-14)18-10-6-1-2-7-11-18/h3-5,8-9H,1-2,6-7,10-11H2,(H,19,20). The molecule has 2 aromatic rings. The lowest BCUT2D eigenvalue weighted by atomic mass is 10.1. The van der Waals surface area contributed by atoms with Crippen LogP contribution in [0.15, 0.2) is 30.3 Å². The number of hydrogen-bond acceptors (Lipinski definition) is 4. The zero-order chi connectivity index (χ0) is 14.7. The van der Waals surface area contributed by atoms with E-state index in [-0.39, 0.29) is 0 Å². The summed E-state index contributed by atoms with van der Waals surface area (Å²) in [5.41, 5.74) is 1.46. The lowest BCUT2D eigenvalue weighted by Crippen LogP contribution is -2.23. The largest absolute Gasteiger partial charge is 0.477 e. The Labute approximate surface area is 128 Å². The number of anilines is 1. The SMILES string of the molecule is O=C(O)c1sc(N2CCCCCC2)nc1-c1ccccc1. The summed E-state index contributed by atoms with van der Waals surface area (Å²) in [5, 5.41) is 10.3. The van der Waals surface area contributed by atoms with Gasteiger partial charge in [0.1, 0.15) is 4.88 Å². The van der Waals surface area contributed by atoms with E-state index >= 15 is 0 Å². The number of rotatable bonds is 3. The lowest BCUT2D eigenvalue weighted by molar-refractivity contribution is 0.0702. The first-order chi connectivity index (χ1) is 10.3. The summed E-state index contributed by atoms with van der Waals surface area (Å²) in [6, 6.07) is 9.56. The third-order valence-corrected chi connectivity index (χ3v) is 4.84. The molecular weight excluding hydrogens is 284 g/mol. The number of benzene rings is 1. The van der Waals surface area contributed by atoms with Crippen LogP contribution in [0.25, 0.3) is 11.3 Å². The molecule has 1 fully saturated rings. The van der Waals surface area contributed by atoms with Crippen molar-refractivity contribution < 1.29 is 9.90 Å². The fraction of sp³-hybridized carbons (Fsp3) is 0.375. The van der Waals surface area contributed by atoms with Crippen LogP contribution in [0, 0.1) is 0 Å². The molecule has 0 bridgehead atoms. The number of nitrogens with zero attached hydrogens (tertiary/aromatic N) is 2. The molecule has 1 N–H and O–H groups in total. The van der Waals surface area contributed by atoms with E-state index in [1.165, 1.54) is 24.2 Å². The first-order valence-electron chi connectivity index (χ1n) is 7.30. The van der Waals surface area contributed by atoms with Gasteiger partial charge in [0.15, 0.2) is 5.13 Å². The van der Waals surface area contributed by atoms with Gasteiger partial charge in [-0.25, -0.2) is 9.78 Å². The molecule has 3 rings (SSSR count). The highest BCUT2D eigenvalue weighted by atomic mass is 32.1.